The third-order valence-electron chi connectivity index (χ3n) is 4.68. The molecule has 0 unspecified atom stereocenters. The van der Waals surface area contributed by atoms with Gasteiger partial charge in [0, 0.05) is 6.07 Å². The molecule has 0 spiro atoms. The summed E-state index contributed by atoms with van der Waals surface area (Å²) in [6.07, 6.45) is 0. The van der Waals surface area contributed by atoms with Gasteiger partial charge < -0.3 is 18.4 Å². The summed E-state index contributed by atoms with van der Waals surface area (Å²) < 4.78 is 48.0. The lowest BCUT2D eigenvalue weighted by Gasteiger charge is -2.19. The van der Waals surface area contributed by atoms with Crippen molar-refractivity contribution in [1.82, 2.24) is 0 Å². The normalized spacial score (nSPS) is 11.0. The van der Waals surface area contributed by atoms with Crippen molar-refractivity contribution >= 4 is 15.9 Å². The standard InChI is InChI=1S/C24H24O7S/c1-16-10-12-19(13-11-16)32(26,27)31-24-22(17(2)25)20(28-3)14-21(23(24)29-4)30-15-18-8-6-5-7-9-18/h5-14H,15H2,1-4H3. The van der Waals surface area contributed by atoms with Crippen molar-refractivity contribution < 1.29 is 31.6 Å². The largest absolute Gasteiger partial charge is 0.496 e. The van der Waals surface area contributed by atoms with E-state index in [0.29, 0.717) is 0 Å². The monoisotopic (exact) mass is 456 g/mol. The number of methoxy groups -OCH3 is 2. The molecule has 0 fully saturated rings. The molecular weight excluding hydrogens is 432 g/mol. The number of Topliss-reactive ketones (excluding diaryl/α,β-unsaturated/α-hetero) is 1. The van der Waals surface area contributed by atoms with Gasteiger partial charge in [0.1, 0.15) is 22.8 Å². The van der Waals surface area contributed by atoms with Gasteiger partial charge in [0.2, 0.25) is 11.5 Å². The fraction of sp³-hybridized carbons (Fsp3) is 0.208. The van der Waals surface area contributed by atoms with Gasteiger partial charge in [-0.3, -0.25) is 4.79 Å². The molecule has 0 aliphatic rings. The second kappa shape index (κ2) is 9.74. The van der Waals surface area contributed by atoms with Crippen LogP contribution in [0.2, 0.25) is 0 Å². The Kier molecular flexibility index (Phi) is 7.05. The highest BCUT2D eigenvalue weighted by Gasteiger charge is 2.29. The minimum absolute atomic E-state index is 0.0254. The molecule has 0 heterocycles. The van der Waals surface area contributed by atoms with Crippen LogP contribution in [0.4, 0.5) is 0 Å². The fourth-order valence-electron chi connectivity index (χ4n) is 3.07. The Morgan fingerprint density at radius 2 is 1.53 bits per heavy atom. The summed E-state index contributed by atoms with van der Waals surface area (Å²) in [6.45, 7) is 3.31. The number of rotatable bonds is 9. The Hall–Kier alpha value is -3.52. The summed E-state index contributed by atoms with van der Waals surface area (Å²) in [5.74, 6) is -0.489. The first-order chi connectivity index (χ1) is 15.3. The van der Waals surface area contributed by atoms with Gasteiger partial charge in [0.25, 0.3) is 0 Å². The Bertz CT molecular complexity index is 1200. The third kappa shape index (κ3) is 5.03. The van der Waals surface area contributed by atoms with E-state index in [-0.39, 0.29) is 40.1 Å². The molecule has 0 radical (unpaired) electrons. The van der Waals surface area contributed by atoms with Crippen LogP contribution in [0.15, 0.2) is 65.6 Å². The van der Waals surface area contributed by atoms with Crippen molar-refractivity contribution in [3.05, 3.63) is 77.4 Å². The maximum absolute atomic E-state index is 13.0. The maximum Gasteiger partial charge on any atom is 0.339 e. The zero-order chi connectivity index (χ0) is 23.3. The quantitative estimate of drug-likeness (QED) is 0.344. The van der Waals surface area contributed by atoms with Gasteiger partial charge in [-0.25, -0.2) is 0 Å². The average molecular weight is 457 g/mol. The Morgan fingerprint density at radius 1 is 0.875 bits per heavy atom. The van der Waals surface area contributed by atoms with Crippen LogP contribution in [0.25, 0.3) is 0 Å². The molecular formula is C24H24O7S. The number of ketones is 1. The smallest absolute Gasteiger partial charge is 0.339 e. The van der Waals surface area contributed by atoms with E-state index in [1.807, 2.05) is 37.3 Å². The van der Waals surface area contributed by atoms with E-state index in [1.165, 1.54) is 39.3 Å². The second-order valence-corrected chi connectivity index (χ2v) is 8.54. The second-order valence-electron chi connectivity index (χ2n) is 7.00. The summed E-state index contributed by atoms with van der Waals surface area (Å²) >= 11 is 0. The molecule has 0 amide bonds. The molecule has 0 aromatic heterocycles. The van der Waals surface area contributed by atoms with Crippen LogP contribution in [0.1, 0.15) is 28.4 Å². The van der Waals surface area contributed by atoms with Crippen LogP contribution in [-0.4, -0.2) is 28.4 Å². The molecule has 0 atom stereocenters. The molecule has 3 aromatic carbocycles. The van der Waals surface area contributed by atoms with Crippen LogP contribution in [0.3, 0.4) is 0 Å². The molecule has 0 saturated heterocycles. The van der Waals surface area contributed by atoms with Gasteiger partial charge in [0.15, 0.2) is 11.5 Å². The van der Waals surface area contributed by atoms with Crippen molar-refractivity contribution in [1.29, 1.82) is 0 Å². The Balaban J connectivity index is 2.11. The molecule has 3 aromatic rings. The summed E-state index contributed by atoms with van der Waals surface area (Å²) in [5.41, 5.74) is 1.72. The summed E-state index contributed by atoms with van der Waals surface area (Å²) in [5, 5.41) is 0. The van der Waals surface area contributed by atoms with Crippen molar-refractivity contribution in [2.45, 2.75) is 25.3 Å². The number of benzene rings is 3. The predicted molar refractivity (Wildman–Crippen MR) is 119 cm³/mol. The molecule has 8 heteroatoms. The highest BCUT2D eigenvalue weighted by Crippen LogP contribution is 2.46. The van der Waals surface area contributed by atoms with Gasteiger partial charge in [0.05, 0.1) is 14.2 Å². The van der Waals surface area contributed by atoms with Crippen molar-refractivity contribution in [3.63, 3.8) is 0 Å². The van der Waals surface area contributed by atoms with E-state index in [0.717, 1.165) is 11.1 Å². The van der Waals surface area contributed by atoms with Crippen LogP contribution in [-0.2, 0) is 16.7 Å². The predicted octanol–water partition coefficient (Wildman–Crippen LogP) is 4.56. The van der Waals surface area contributed by atoms with Crippen LogP contribution < -0.4 is 18.4 Å². The van der Waals surface area contributed by atoms with Crippen LogP contribution in [0, 0.1) is 6.92 Å². The zero-order valence-corrected chi connectivity index (χ0v) is 19.1. The molecule has 0 aliphatic heterocycles. The first-order valence-electron chi connectivity index (χ1n) is 9.74. The van der Waals surface area contributed by atoms with Gasteiger partial charge in [-0.05, 0) is 31.5 Å². The van der Waals surface area contributed by atoms with Crippen LogP contribution >= 0.6 is 0 Å². The third-order valence-corrected chi connectivity index (χ3v) is 5.92. The Morgan fingerprint density at radius 3 is 2.09 bits per heavy atom. The SMILES string of the molecule is COc1cc(OCc2ccccc2)c(OC)c(OS(=O)(=O)c2ccc(C)cc2)c1C(C)=O. The average Bonchev–Trinajstić information content (AvgIpc) is 2.77. The minimum atomic E-state index is -4.27. The van der Waals surface area contributed by atoms with Crippen molar-refractivity contribution in [3.8, 4) is 23.0 Å². The van der Waals surface area contributed by atoms with E-state index >= 15 is 0 Å². The number of hydrogen-bond donors (Lipinski definition) is 0. The van der Waals surface area contributed by atoms with E-state index < -0.39 is 15.9 Å². The van der Waals surface area contributed by atoms with Gasteiger partial charge >= 0.3 is 10.1 Å². The highest BCUT2D eigenvalue weighted by molar-refractivity contribution is 7.87. The zero-order valence-electron chi connectivity index (χ0n) is 18.2. The van der Waals surface area contributed by atoms with Crippen LogP contribution in [0.5, 0.6) is 23.0 Å². The van der Waals surface area contributed by atoms with E-state index in [4.69, 9.17) is 18.4 Å². The lowest BCUT2D eigenvalue weighted by atomic mass is 10.1. The molecule has 168 valence electrons. The number of hydrogen-bond acceptors (Lipinski definition) is 7. The molecule has 0 bridgehead atoms. The lowest BCUT2D eigenvalue weighted by molar-refractivity contribution is 0.101. The van der Waals surface area contributed by atoms with Gasteiger partial charge in [-0.15, -0.1) is 0 Å². The van der Waals surface area contributed by atoms with E-state index in [1.54, 1.807) is 12.1 Å². The van der Waals surface area contributed by atoms with Crippen molar-refractivity contribution in [2.24, 2.45) is 0 Å². The summed E-state index contributed by atoms with van der Waals surface area (Å²) in [4.78, 5) is 12.4. The molecule has 32 heavy (non-hydrogen) atoms. The minimum Gasteiger partial charge on any atom is -0.496 e. The van der Waals surface area contributed by atoms with E-state index in [9.17, 15) is 13.2 Å². The maximum atomic E-state index is 13.0. The Labute approximate surface area is 187 Å². The fourth-order valence-corrected chi connectivity index (χ4v) is 4.01. The number of aryl methyl sites for hydroxylation is 1. The molecule has 0 aliphatic carbocycles. The first-order valence-corrected chi connectivity index (χ1v) is 11.2. The first kappa shape index (κ1) is 23.1. The van der Waals surface area contributed by atoms with Crippen molar-refractivity contribution in [2.75, 3.05) is 14.2 Å². The molecule has 0 saturated carbocycles. The van der Waals surface area contributed by atoms with E-state index in [2.05, 4.69) is 0 Å². The lowest BCUT2D eigenvalue weighted by Crippen LogP contribution is -2.14. The number of carbonyl (C=O) groups excluding carboxylic acids is 1. The molecule has 7 nitrogen and oxygen atoms in total. The molecule has 0 N–H and O–H groups in total. The van der Waals surface area contributed by atoms with Gasteiger partial charge in [-0.1, -0.05) is 48.0 Å². The van der Waals surface area contributed by atoms with Gasteiger partial charge in [-0.2, -0.15) is 8.42 Å². The number of carbonyl (C=O) groups is 1. The summed E-state index contributed by atoms with van der Waals surface area (Å²) in [6, 6.07) is 17.0. The molecule has 3 rings (SSSR count). The highest BCUT2D eigenvalue weighted by atomic mass is 32.2. The summed E-state index contributed by atoms with van der Waals surface area (Å²) in [7, 11) is -1.56. The topological polar surface area (TPSA) is 88.1 Å². The number of ether oxygens (including phenoxy) is 3.